The molecule has 3 aliphatic rings. The van der Waals surface area contributed by atoms with Crippen molar-refractivity contribution in [3.63, 3.8) is 0 Å². The van der Waals surface area contributed by atoms with Gasteiger partial charge >= 0.3 is 12.8 Å². The zero-order valence-corrected chi connectivity index (χ0v) is 21.5. The quantitative estimate of drug-likeness (QED) is 0.396. The molecule has 5 nitrogen and oxygen atoms in total. The van der Waals surface area contributed by atoms with E-state index in [4.69, 9.17) is 5.73 Å². The lowest BCUT2D eigenvalue weighted by molar-refractivity contribution is -0.295. The summed E-state index contributed by atoms with van der Waals surface area (Å²) in [5.74, 6) is -0.838. The summed E-state index contributed by atoms with van der Waals surface area (Å²) in [4.78, 5) is 15.3. The second-order valence-corrected chi connectivity index (χ2v) is 11.6. The van der Waals surface area contributed by atoms with Crippen LogP contribution in [0, 0.1) is 17.8 Å². The molecule has 0 saturated heterocycles. The van der Waals surface area contributed by atoms with Crippen LogP contribution in [0.3, 0.4) is 0 Å². The van der Waals surface area contributed by atoms with Gasteiger partial charge < -0.3 is 20.5 Å². The highest BCUT2D eigenvalue weighted by Crippen LogP contribution is 2.50. The number of anilines is 1. The maximum atomic E-state index is 13.7. The first-order chi connectivity index (χ1) is 18.4. The molecule has 0 heterocycles. The molecular formula is C29H33F5N2O3. The van der Waals surface area contributed by atoms with Crippen LogP contribution in [-0.2, 0) is 4.79 Å². The number of rotatable bonds is 7. The molecule has 3 fully saturated rings. The van der Waals surface area contributed by atoms with E-state index in [1.54, 1.807) is 35.2 Å². The van der Waals surface area contributed by atoms with E-state index in [-0.39, 0.29) is 17.2 Å². The summed E-state index contributed by atoms with van der Waals surface area (Å²) in [6, 6.07) is 13.2. The van der Waals surface area contributed by atoms with Gasteiger partial charge in [-0.1, -0.05) is 30.7 Å². The van der Waals surface area contributed by atoms with Crippen LogP contribution < -0.4 is 15.4 Å². The van der Waals surface area contributed by atoms with Crippen LogP contribution >= 0.6 is 0 Å². The molecule has 0 aliphatic heterocycles. The number of hydrogen-bond acceptors (Lipinski definition) is 4. The van der Waals surface area contributed by atoms with E-state index in [9.17, 15) is 31.9 Å². The maximum absolute atomic E-state index is 13.7. The fourth-order valence-corrected chi connectivity index (χ4v) is 6.64. The Labute approximate surface area is 224 Å². The average molecular weight is 553 g/mol. The lowest BCUT2D eigenvalue weighted by atomic mass is 9.63. The summed E-state index contributed by atoms with van der Waals surface area (Å²) < 4.78 is 69.3. The second kappa shape index (κ2) is 10.4. The number of halogens is 5. The van der Waals surface area contributed by atoms with E-state index in [0.717, 1.165) is 44.1 Å². The Hall–Kier alpha value is -2.72. The van der Waals surface area contributed by atoms with Gasteiger partial charge in [-0.3, -0.25) is 4.79 Å². The van der Waals surface area contributed by atoms with E-state index in [0.29, 0.717) is 23.7 Å². The van der Waals surface area contributed by atoms with Gasteiger partial charge in [0, 0.05) is 23.7 Å². The number of benzene rings is 2. The molecule has 3 aliphatic carbocycles. The summed E-state index contributed by atoms with van der Waals surface area (Å²) in [5, 5.41) is 9.99. The van der Waals surface area contributed by atoms with E-state index in [2.05, 4.69) is 4.74 Å². The van der Waals surface area contributed by atoms with Gasteiger partial charge in [-0.15, -0.1) is 0 Å². The van der Waals surface area contributed by atoms with Crippen LogP contribution in [0.4, 0.5) is 27.6 Å². The summed E-state index contributed by atoms with van der Waals surface area (Å²) >= 11 is 0. The van der Waals surface area contributed by atoms with Gasteiger partial charge in [-0.2, -0.15) is 22.0 Å². The predicted octanol–water partition coefficient (Wildman–Crippen LogP) is 6.29. The molecule has 39 heavy (non-hydrogen) atoms. The minimum absolute atomic E-state index is 0.0182. The SMILES string of the molecule is NC12CCCC(C1)C(CN(C(=O)C1CC(O)(C(F)(F)F)C1)c1cccc(-c3ccc(OC(F)F)cc3)c1)CC2. The van der Waals surface area contributed by atoms with Gasteiger partial charge in [-0.05, 0) is 92.2 Å². The molecule has 3 atom stereocenters. The molecule has 2 bridgehead atoms. The fraction of sp³-hybridized carbons (Fsp3) is 0.552. The molecule has 1 amide bonds. The molecule has 0 radical (unpaired) electrons. The van der Waals surface area contributed by atoms with Gasteiger partial charge in [-0.25, -0.2) is 0 Å². The minimum atomic E-state index is -4.79. The van der Waals surface area contributed by atoms with E-state index >= 15 is 0 Å². The summed E-state index contributed by atoms with van der Waals surface area (Å²) in [6.07, 6.45) is -0.513. The van der Waals surface area contributed by atoms with E-state index in [1.165, 1.54) is 12.1 Å². The number of ether oxygens (including phenoxy) is 1. The number of carbonyl (C=O) groups excluding carboxylic acids is 1. The minimum Gasteiger partial charge on any atom is -0.435 e. The molecule has 2 aromatic carbocycles. The molecule has 3 unspecified atom stereocenters. The van der Waals surface area contributed by atoms with Crippen LogP contribution in [0.1, 0.15) is 51.4 Å². The second-order valence-electron chi connectivity index (χ2n) is 11.6. The predicted molar refractivity (Wildman–Crippen MR) is 136 cm³/mol. The molecule has 2 aromatic rings. The molecule has 3 saturated carbocycles. The monoisotopic (exact) mass is 552 g/mol. The molecule has 0 aromatic heterocycles. The highest BCUT2D eigenvalue weighted by atomic mass is 19.4. The number of carbonyl (C=O) groups is 1. The number of nitrogens with two attached hydrogens (primary N) is 1. The Balaban J connectivity index is 1.40. The normalized spacial score (nSPS) is 30.5. The number of aliphatic hydroxyl groups is 1. The Morgan fingerprint density at radius 3 is 2.44 bits per heavy atom. The van der Waals surface area contributed by atoms with Crippen molar-refractivity contribution in [2.45, 2.75) is 75.3 Å². The van der Waals surface area contributed by atoms with Crippen molar-refractivity contribution in [3.8, 4) is 16.9 Å². The Kier molecular flexibility index (Phi) is 7.39. The summed E-state index contributed by atoms with van der Waals surface area (Å²) in [6.45, 7) is -2.57. The number of hydrogen-bond donors (Lipinski definition) is 2. The molecule has 3 N–H and O–H groups in total. The number of fused-ring (bicyclic) bond motifs is 2. The van der Waals surface area contributed by atoms with Gasteiger partial charge in [0.15, 0.2) is 5.60 Å². The standard InChI is InChI=1S/C29H33F5N2O3/c30-26(31)39-24-8-6-18(7-9-24)19-3-1-5-23(13-19)36(25(37)22-15-28(38,16-22)29(32,33)34)17-21-10-12-27(35)11-2-4-20(21)14-27/h1,3,5-9,13,20-22,26,38H,2,4,10-12,14-17,35H2. The lowest BCUT2D eigenvalue weighted by Crippen LogP contribution is -2.59. The molecular weight excluding hydrogens is 519 g/mol. The van der Waals surface area contributed by atoms with Crippen LogP contribution in [0.25, 0.3) is 11.1 Å². The van der Waals surface area contributed by atoms with Crippen LogP contribution in [0.15, 0.2) is 48.5 Å². The van der Waals surface area contributed by atoms with Gasteiger partial charge in [0.2, 0.25) is 5.91 Å². The van der Waals surface area contributed by atoms with Crippen molar-refractivity contribution in [2.75, 3.05) is 11.4 Å². The highest BCUT2D eigenvalue weighted by molar-refractivity contribution is 5.96. The molecule has 10 heteroatoms. The Bertz CT molecular complexity index is 1180. The van der Waals surface area contributed by atoms with Gasteiger partial charge in [0.1, 0.15) is 5.75 Å². The van der Waals surface area contributed by atoms with Crippen molar-refractivity contribution in [1.29, 1.82) is 0 Å². The first kappa shape index (κ1) is 27.8. The Morgan fingerprint density at radius 2 is 1.77 bits per heavy atom. The first-order valence-electron chi connectivity index (χ1n) is 13.4. The average Bonchev–Trinajstić information content (AvgIpc) is 2.85. The van der Waals surface area contributed by atoms with Crippen molar-refractivity contribution in [1.82, 2.24) is 0 Å². The third-order valence-electron chi connectivity index (χ3n) is 8.90. The van der Waals surface area contributed by atoms with Crippen LogP contribution in [0.2, 0.25) is 0 Å². The van der Waals surface area contributed by atoms with Crippen molar-refractivity contribution in [3.05, 3.63) is 48.5 Å². The van der Waals surface area contributed by atoms with Crippen LogP contribution in [0.5, 0.6) is 5.75 Å². The van der Waals surface area contributed by atoms with Crippen molar-refractivity contribution in [2.24, 2.45) is 23.5 Å². The van der Waals surface area contributed by atoms with Gasteiger partial charge in [0.25, 0.3) is 0 Å². The third-order valence-corrected chi connectivity index (χ3v) is 8.90. The summed E-state index contributed by atoms with van der Waals surface area (Å²) in [7, 11) is 0. The number of amides is 1. The number of alkyl halides is 5. The lowest BCUT2D eigenvalue weighted by Gasteiger charge is -2.49. The third kappa shape index (κ3) is 5.77. The highest BCUT2D eigenvalue weighted by Gasteiger charge is 2.63. The van der Waals surface area contributed by atoms with E-state index < -0.39 is 43.1 Å². The van der Waals surface area contributed by atoms with Gasteiger partial charge in [0.05, 0.1) is 0 Å². The zero-order valence-electron chi connectivity index (χ0n) is 21.5. The maximum Gasteiger partial charge on any atom is 0.417 e. The first-order valence-corrected chi connectivity index (χ1v) is 13.4. The summed E-state index contributed by atoms with van der Waals surface area (Å²) in [5.41, 5.74) is 5.53. The molecule has 212 valence electrons. The van der Waals surface area contributed by atoms with E-state index in [1.807, 2.05) is 6.07 Å². The largest absolute Gasteiger partial charge is 0.435 e. The van der Waals surface area contributed by atoms with Crippen molar-refractivity contribution < 1.29 is 36.6 Å². The molecule has 0 spiro atoms. The topological polar surface area (TPSA) is 75.8 Å². The molecule has 5 rings (SSSR count). The van der Waals surface area contributed by atoms with Crippen molar-refractivity contribution >= 4 is 11.6 Å². The Morgan fingerprint density at radius 1 is 1.05 bits per heavy atom. The zero-order chi connectivity index (χ0) is 28.0. The fourth-order valence-electron chi connectivity index (χ4n) is 6.64. The number of nitrogens with zero attached hydrogens (tertiary/aromatic N) is 1. The van der Waals surface area contributed by atoms with Crippen LogP contribution in [-0.4, -0.2) is 41.5 Å². The smallest absolute Gasteiger partial charge is 0.417 e.